The van der Waals surface area contributed by atoms with E-state index in [-0.39, 0.29) is 12.1 Å². The highest BCUT2D eigenvalue weighted by molar-refractivity contribution is 7.80. The SMILES string of the molecule is Cc1ccc([C@H]2[C@H](c3ccccn3)NC(=S)N2Cc2ccccn2)s1. The lowest BCUT2D eigenvalue weighted by Gasteiger charge is -2.26. The van der Waals surface area contributed by atoms with E-state index >= 15 is 0 Å². The van der Waals surface area contributed by atoms with Crippen LogP contribution in [0.5, 0.6) is 0 Å². The highest BCUT2D eigenvalue weighted by Crippen LogP contribution is 2.41. The molecule has 3 aromatic rings. The van der Waals surface area contributed by atoms with Crippen molar-refractivity contribution in [1.82, 2.24) is 20.2 Å². The Labute approximate surface area is 156 Å². The van der Waals surface area contributed by atoms with Gasteiger partial charge in [0, 0.05) is 22.1 Å². The van der Waals surface area contributed by atoms with Crippen molar-refractivity contribution >= 4 is 28.7 Å². The Morgan fingerprint density at radius 2 is 1.88 bits per heavy atom. The van der Waals surface area contributed by atoms with Gasteiger partial charge in [-0.05, 0) is 55.5 Å². The van der Waals surface area contributed by atoms with E-state index < -0.39 is 0 Å². The Bertz CT molecular complexity index is 863. The molecule has 1 saturated heterocycles. The summed E-state index contributed by atoms with van der Waals surface area (Å²) in [6, 6.07) is 16.5. The fourth-order valence-electron chi connectivity index (χ4n) is 3.16. The topological polar surface area (TPSA) is 41.1 Å². The van der Waals surface area contributed by atoms with Crippen LogP contribution in [0.15, 0.2) is 60.9 Å². The molecule has 0 spiro atoms. The van der Waals surface area contributed by atoms with E-state index in [4.69, 9.17) is 12.2 Å². The number of aryl methyl sites for hydroxylation is 1. The lowest BCUT2D eigenvalue weighted by molar-refractivity contribution is 0.312. The maximum absolute atomic E-state index is 5.66. The average Bonchev–Trinajstić information content (AvgIpc) is 3.20. The van der Waals surface area contributed by atoms with E-state index in [1.807, 2.05) is 54.1 Å². The predicted molar refractivity (Wildman–Crippen MR) is 104 cm³/mol. The minimum Gasteiger partial charge on any atom is -0.352 e. The van der Waals surface area contributed by atoms with E-state index in [0.717, 1.165) is 16.5 Å². The molecule has 126 valence electrons. The molecule has 6 heteroatoms. The summed E-state index contributed by atoms with van der Waals surface area (Å²) in [7, 11) is 0. The van der Waals surface area contributed by atoms with Gasteiger partial charge in [0.25, 0.3) is 0 Å². The van der Waals surface area contributed by atoms with Gasteiger partial charge in [0.15, 0.2) is 5.11 Å². The highest BCUT2D eigenvalue weighted by atomic mass is 32.1. The summed E-state index contributed by atoms with van der Waals surface area (Å²) in [6.45, 7) is 2.81. The van der Waals surface area contributed by atoms with Crippen LogP contribution in [0.2, 0.25) is 0 Å². The van der Waals surface area contributed by atoms with Crippen LogP contribution in [0.3, 0.4) is 0 Å². The van der Waals surface area contributed by atoms with Gasteiger partial charge in [-0.3, -0.25) is 9.97 Å². The van der Waals surface area contributed by atoms with Crippen LogP contribution >= 0.6 is 23.6 Å². The van der Waals surface area contributed by atoms with Crippen LogP contribution in [0, 0.1) is 6.92 Å². The molecule has 4 rings (SSSR count). The molecule has 1 fully saturated rings. The van der Waals surface area contributed by atoms with E-state index in [1.54, 1.807) is 0 Å². The first-order valence-electron chi connectivity index (χ1n) is 8.16. The number of thiophene rings is 1. The summed E-state index contributed by atoms with van der Waals surface area (Å²) < 4.78 is 0. The zero-order valence-corrected chi connectivity index (χ0v) is 15.4. The van der Waals surface area contributed by atoms with Gasteiger partial charge in [-0.25, -0.2) is 0 Å². The van der Waals surface area contributed by atoms with Crippen molar-refractivity contribution in [3.05, 3.63) is 82.1 Å². The molecule has 1 aliphatic heterocycles. The lowest BCUT2D eigenvalue weighted by atomic mass is 10.0. The van der Waals surface area contributed by atoms with Gasteiger partial charge in [0.1, 0.15) is 0 Å². The molecular weight excluding hydrogens is 348 g/mol. The number of hydrogen-bond acceptors (Lipinski definition) is 4. The summed E-state index contributed by atoms with van der Waals surface area (Å²) in [5.74, 6) is 0. The van der Waals surface area contributed by atoms with Crippen LogP contribution in [0.4, 0.5) is 0 Å². The van der Waals surface area contributed by atoms with Crippen LogP contribution < -0.4 is 5.32 Å². The Kier molecular flexibility index (Phi) is 4.46. The number of pyridine rings is 2. The molecule has 2 atom stereocenters. The zero-order valence-electron chi connectivity index (χ0n) is 13.8. The maximum atomic E-state index is 5.66. The molecule has 4 heterocycles. The normalized spacial score (nSPS) is 19.9. The average molecular weight is 367 g/mol. The second-order valence-electron chi connectivity index (χ2n) is 6.02. The van der Waals surface area contributed by atoms with Gasteiger partial charge in [0.2, 0.25) is 0 Å². The van der Waals surface area contributed by atoms with Gasteiger partial charge >= 0.3 is 0 Å². The Morgan fingerprint density at radius 1 is 1.08 bits per heavy atom. The standard InChI is InChI=1S/C19H18N4S2/c1-13-8-9-16(25-13)18-17(15-7-3-5-11-21-15)22-19(24)23(18)12-14-6-2-4-10-20-14/h2-11,17-18H,12H2,1H3,(H,22,24)/t17-,18-/m0/s1. The molecule has 25 heavy (non-hydrogen) atoms. The number of aromatic nitrogens is 2. The summed E-state index contributed by atoms with van der Waals surface area (Å²) >= 11 is 7.47. The number of thiocarbonyl (C=S) groups is 1. The first-order chi connectivity index (χ1) is 12.2. The minimum atomic E-state index is 0.0375. The van der Waals surface area contributed by atoms with Crippen molar-refractivity contribution in [2.75, 3.05) is 0 Å². The van der Waals surface area contributed by atoms with E-state index in [1.165, 1.54) is 9.75 Å². The van der Waals surface area contributed by atoms with Crippen molar-refractivity contribution in [2.45, 2.75) is 25.6 Å². The molecule has 0 aliphatic carbocycles. The fourth-order valence-corrected chi connectivity index (χ4v) is 4.50. The smallest absolute Gasteiger partial charge is 0.170 e. The number of rotatable bonds is 4. The van der Waals surface area contributed by atoms with Gasteiger partial charge < -0.3 is 10.2 Å². The summed E-state index contributed by atoms with van der Waals surface area (Å²) in [5, 5.41) is 4.22. The molecule has 0 radical (unpaired) electrons. The summed E-state index contributed by atoms with van der Waals surface area (Å²) in [5.41, 5.74) is 2.01. The largest absolute Gasteiger partial charge is 0.352 e. The second-order valence-corrected chi connectivity index (χ2v) is 7.73. The zero-order chi connectivity index (χ0) is 17.2. The second kappa shape index (κ2) is 6.90. The third-order valence-corrected chi connectivity index (χ3v) is 5.73. The van der Waals surface area contributed by atoms with Gasteiger partial charge in [-0.1, -0.05) is 12.1 Å². The van der Waals surface area contributed by atoms with Gasteiger partial charge in [0.05, 0.1) is 30.0 Å². The van der Waals surface area contributed by atoms with E-state index in [9.17, 15) is 0 Å². The van der Waals surface area contributed by atoms with Crippen molar-refractivity contribution < 1.29 is 0 Å². The number of nitrogens with one attached hydrogen (secondary N) is 1. The van der Waals surface area contributed by atoms with Crippen LogP contribution in [-0.2, 0) is 6.54 Å². The van der Waals surface area contributed by atoms with E-state index in [0.29, 0.717) is 6.54 Å². The monoisotopic (exact) mass is 366 g/mol. The van der Waals surface area contributed by atoms with Gasteiger partial charge in [-0.15, -0.1) is 11.3 Å². The van der Waals surface area contributed by atoms with Crippen LogP contribution in [0.25, 0.3) is 0 Å². The molecular formula is C19H18N4S2. The van der Waals surface area contributed by atoms with Crippen LogP contribution in [0.1, 0.15) is 33.2 Å². The van der Waals surface area contributed by atoms with E-state index in [2.05, 4.69) is 45.3 Å². The lowest BCUT2D eigenvalue weighted by Crippen LogP contribution is -2.29. The number of hydrogen-bond donors (Lipinski definition) is 1. The molecule has 1 N–H and O–H groups in total. The molecule has 4 nitrogen and oxygen atoms in total. The van der Waals surface area contributed by atoms with Crippen molar-refractivity contribution in [1.29, 1.82) is 0 Å². The Morgan fingerprint density at radius 3 is 2.52 bits per heavy atom. The third kappa shape index (κ3) is 3.27. The first kappa shape index (κ1) is 16.2. The molecule has 0 amide bonds. The Hall–Kier alpha value is -2.31. The molecule has 0 aromatic carbocycles. The maximum Gasteiger partial charge on any atom is 0.170 e. The van der Waals surface area contributed by atoms with Gasteiger partial charge in [-0.2, -0.15) is 0 Å². The van der Waals surface area contributed by atoms with Crippen molar-refractivity contribution in [2.24, 2.45) is 0 Å². The van der Waals surface area contributed by atoms with Crippen molar-refractivity contribution in [3.8, 4) is 0 Å². The molecule has 1 aliphatic rings. The quantitative estimate of drug-likeness (QED) is 0.706. The van der Waals surface area contributed by atoms with Crippen molar-refractivity contribution in [3.63, 3.8) is 0 Å². The summed E-state index contributed by atoms with van der Waals surface area (Å²) in [4.78, 5) is 13.8. The third-order valence-electron chi connectivity index (χ3n) is 4.31. The molecule has 0 saturated carbocycles. The summed E-state index contributed by atoms with van der Waals surface area (Å²) in [6.07, 6.45) is 3.65. The highest BCUT2D eigenvalue weighted by Gasteiger charge is 2.40. The molecule has 0 bridgehead atoms. The number of nitrogens with zero attached hydrogens (tertiary/aromatic N) is 3. The minimum absolute atomic E-state index is 0.0375. The first-order valence-corrected chi connectivity index (χ1v) is 9.39. The van der Waals surface area contributed by atoms with Crippen LogP contribution in [-0.4, -0.2) is 20.0 Å². The fraction of sp³-hybridized carbons (Fsp3) is 0.211. The molecule has 0 unspecified atom stereocenters. The Balaban J connectivity index is 1.72. The molecule has 3 aromatic heterocycles. The predicted octanol–water partition coefficient (Wildman–Crippen LogP) is 4.02.